The third kappa shape index (κ3) is 5.27. The molecule has 282 valence electrons. The van der Waals surface area contributed by atoms with Crippen LogP contribution in [0.25, 0.3) is 132 Å². The van der Waals surface area contributed by atoms with Crippen molar-refractivity contribution in [3.05, 3.63) is 194 Å². The fraction of sp³-hybridized carbons (Fsp3) is 0. The first-order valence-corrected chi connectivity index (χ1v) is 20.5. The van der Waals surface area contributed by atoms with Crippen LogP contribution in [0.4, 0.5) is 0 Å². The van der Waals surface area contributed by atoms with E-state index in [1.54, 1.807) is 0 Å². The van der Waals surface area contributed by atoms with E-state index in [0.717, 1.165) is 77.3 Å². The Balaban J connectivity index is 1.000. The second-order valence-corrected chi connectivity index (χ2v) is 15.7. The zero-order chi connectivity index (χ0) is 40.0. The molecule has 0 aliphatic rings. The number of benzene rings is 10. The summed E-state index contributed by atoms with van der Waals surface area (Å²) in [5, 5.41) is 12.9. The molecule has 0 radical (unpaired) electrons. The molecule has 0 amide bonds. The van der Waals surface area contributed by atoms with Crippen LogP contribution < -0.4 is 0 Å². The van der Waals surface area contributed by atoms with Gasteiger partial charge in [0.2, 0.25) is 0 Å². The molecule has 0 saturated heterocycles. The zero-order valence-corrected chi connectivity index (χ0v) is 32.7. The van der Waals surface area contributed by atoms with Gasteiger partial charge in [0.05, 0.1) is 5.52 Å². The van der Waals surface area contributed by atoms with Crippen LogP contribution >= 0.6 is 0 Å². The molecule has 61 heavy (non-hydrogen) atoms. The highest BCUT2D eigenvalue weighted by Crippen LogP contribution is 2.42. The number of pyridine rings is 1. The quantitative estimate of drug-likeness (QED) is 0.163. The lowest BCUT2D eigenvalue weighted by molar-refractivity contribution is 0.669. The van der Waals surface area contributed by atoms with Gasteiger partial charge >= 0.3 is 0 Å². The van der Waals surface area contributed by atoms with Crippen molar-refractivity contribution in [2.75, 3.05) is 0 Å². The second-order valence-electron chi connectivity index (χ2n) is 15.7. The monoisotopic (exact) mass is 776 g/mol. The molecule has 0 bridgehead atoms. The largest absolute Gasteiger partial charge is 0.454 e. The number of hydrogen-bond acceptors (Lipinski definition) is 5. The minimum Gasteiger partial charge on any atom is -0.454 e. The lowest BCUT2D eigenvalue weighted by atomic mass is 9.92. The van der Waals surface area contributed by atoms with E-state index in [9.17, 15) is 0 Å². The van der Waals surface area contributed by atoms with Gasteiger partial charge in [-0.3, -0.25) is 0 Å². The third-order valence-electron chi connectivity index (χ3n) is 12.3. The van der Waals surface area contributed by atoms with Crippen molar-refractivity contribution in [1.82, 2.24) is 19.9 Å². The summed E-state index contributed by atoms with van der Waals surface area (Å²) in [6.07, 6.45) is 0. The normalized spacial score (nSPS) is 11.9. The molecule has 5 heteroatoms. The number of fused-ring (bicyclic) bond motifs is 6. The van der Waals surface area contributed by atoms with E-state index in [0.29, 0.717) is 17.5 Å². The van der Waals surface area contributed by atoms with Crippen LogP contribution in [-0.4, -0.2) is 19.9 Å². The Morgan fingerprint density at radius 3 is 1.79 bits per heavy atom. The van der Waals surface area contributed by atoms with Gasteiger partial charge in [0.1, 0.15) is 11.3 Å². The van der Waals surface area contributed by atoms with Gasteiger partial charge in [-0.25, -0.2) is 19.9 Å². The Hall–Kier alpha value is -8.28. The van der Waals surface area contributed by atoms with Gasteiger partial charge in [-0.2, -0.15) is 0 Å². The number of para-hydroxylation sites is 2. The van der Waals surface area contributed by atoms with Gasteiger partial charge in [-0.05, 0) is 78.5 Å². The highest BCUT2D eigenvalue weighted by Gasteiger charge is 2.20. The highest BCUT2D eigenvalue weighted by molar-refractivity contribution is 6.25. The van der Waals surface area contributed by atoms with Crippen molar-refractivity contribution in [3.8, 4) is 56.5 Å². The van der Waals surface area contributed by atoms with E-state index in [1.807, 2.05) is 18.2 Å². The SMILES string of the molecule is c1cc(-c2nc(-c3ccc(-c4nc5ccccc5c5c4oc4ccccc45)cc3)nc(-c3ccc4ccc5cccc6ccc3c4c56)n2)cc(-c2cccc3ccccc23)c1. The fourth-order valence-corrected chi connectivity index (χ4v) is 9.39. The van der Waals surface area contributed by atoms with Gasteiger partial charge in [-0.15, -0.1) is 0 Å². The predicted octanol–water partition coefficient (Wildman–Crippen LogP) is 14.7. The van der Waals surface area contributed by atoms with Gasteiger partial charge < -0.3 is 4.42 Å². The van der Waals surface area contributed by atoms with E-state index in [2.05, 4.69) is 176 Å². The zero-order valence-electron chi connectivity index (χ0n) is 32.7. The Kier molecular flexibility index (Phi) is 7.24. The molecule has 13 aromatic rings. The summed E-state index contributed by atoms with van der Waals surface area (Å²) < 4.78 is 6.54. The first kappa shape index (κ1) is 33.7. The first-order chi connectivity index (χ1) is 30.2. The fourth-order valence-electron chi connectivity index (χ4n) is 9.39. The molecule has 0 N–H and O–H groups in total. The Bertz CT molecular complexity index is 3870. The van der Waals surface area contributed by atoms with Crippen LogP contribution in [0.5, 0.6) is 0 Å². The van der Waals surface area contributed by atoms with E-state index in [1.165, 1.54) is 37.7 Å². The molecule has 0 atom stereocenters. The van der Waals surface area contributed by atoms with Crippen LogP contribution in [0.1, 0.15) is 0 Å². The van der Waals surface area contributed by atoms with Crippen molar-refractivity contribution in [2.45, 2.75) is 0 Å². The number of hydrogen-bond donors (Lipinski definition) is 0. The molecule has 3 heterocycles. The van der Waals surface area contributed by atoms with Crippen LogP contribution in [0.15, 0.2) is 199 Å². The summed E-state index contributed by atoms with van der Waals surface area (Å²) in [6, 6.07) is 68.1. The molecular formula is C56H32N4O. The van der Waals surface area contributed by atoms with Crippen molar-refractivity contribution in [2.24, 2.45) is 0 Å². The molecule has 0 aliphatic carbocycles. The van der Waals surface area contributed by atoms with Crippen LogP contribution in [-0.2, 0) is 0 Å². The summed E-state index contributed by atoms with van der Waals surface area (Å²) in [4.78, 5) is 20.9. The smallest absolute Gasteiger partial charge is 0.164 e. The lowest BCUT2D eigenvalue weighted by Gasteiger charge is -2.15. The Labute approximate surface area is 349 Å². The average molecular weight is 777 g/mol. The summed E-state index contributed by atoms with van der Waals surface area (Å²) in [5.41, 5.74) is 9.30. The maximum Gasteiger partial charge on any atom is 0.164 e. The Morgan fingerprint density at radius 1 is 0.311 bits per heavy atom. The van der Waals surface area contributed by atoms with E-state index in [-0.39, 0.29) is 0 Å². The average Bonchev–Trinajstić information content (AvgIpc) is 3.73. The lowest BCUT2D eigenvalue weighted by Crippen LogP contribution is -2.01. The van der Waals surface area contributed by atoms with E-state index in [4.69, 9.17) is 24.4 Å². The molecule has 10 aromatic carbocycles. The topological polar surface area (TPSA) is 64.7 Å². The molecular weight excluding hydrogens is 745 g/mol. The predicted molar refractivity (Wildman–Crippen MR) is 251 cm³/mol. The maximum absolute atomic E-state index is 6.54. The Morgan fingerprint density at radius 2 is 0.918 bits per heavy atom. The minimum absolute atomic E-state index is 0.591. The third-order valence-corrected chi connectivity index (χ3v) is 12.3. The van der Waals surface area contributed by atoms with Gasteiger partial charge in [0.15, 0.2) is 23.1 Å². The number of furan rings is 1. The van der Waals surface area contributed by atoms with Crippen molar-refractivity contribution >= 4 is 75.9 Å². The van der Waals surface area contributed by atoms with Gasteiger partial charge in [-0.1, -0.05) is 170 Å². The number of aromatic nitrogens is 4. The van der Waals surface area contributed by atoms with Crippen LogP contribution in [0.3, 0.4) is 0 Å². The molecule has 0 unspecified atom stereocenters. The summed E-state index contributed by atoms with van der Waals surface area (Å²) in [5.74, 6) is 1.82. The maximum atomic E-state index is 6.54. The van der Waals surface area contributed by atoms with Crippen molar-refractivity contribution in [3.63, 3.8) is 0 Å². The molecule has 0 aliphatic heterocycles. The van der Waals surface area contributed by atoms with E-state index >= 15 is 0 Å². The molecule has 0 saturated carbocycles. The standard InChI is InChI=1S/C56H32N4O/c1-2-16-41-33(10-1)11-9-19-42(41)39-14-8-15-40(32-39)55-58-54(59-56(60-55)44-31-29-36-23-22-34-12-7-13-35-28-30-43(44)50(36)49(34)35)38-26-24-37(25-27-38)52-53-51(45-17-3-5-20-47(45)57-52)46-18-4-6-21-48(46)61-53/h1-32H. The van der Waals surface area contributed by atoms with Crippen molar-refractivity contribution < 1.29 is 4.42 Å². The number of rotatable bonds is 5. The number of nitrogens with zero attached hydrogens (tertiary/aromatic N) is 4. The molecule has 0 spiro atoms. The molecule has 5 nitrogen and oxygen atoms in total. The highest BCUT2D eigenvalue weighted by atomic mass is 16.3. The summed E-state index contributed by atoms with van der Waals surface area (Å²) >= 11 is 0. The second kappa shape index (κ2) is 13.1. The minimum atomic E-state index is 0.591. The van der Waals surface area contributed by atoms with Crippen LogP contribution in [0.2, 0.25) is 0 Å². The van der Waals surface area contributed by atoms with Crippen molar-refractivity contribution in [1.29, 1.82) is 0 Å². The van der Waals surface area contributed by atoms with Gasteiger partial charge in [0.25, 0.3) is 0 Å². The first-order valence-electron chi connectivity index (χ1n) is 20.5. The van der Waals surface area contributed by atoms with E-state index < -0.39 is 0 Å². The molecule has 3 aromatic heterocycles. The molecule has 0 fully saturated rings. The summed E-state index contributed by atoms with van der Waals surface area (Å²) in [7, 11) is 0. The molecule has 13 rings (SSSR count). The summed E-state index contributed by atoms with van der Waals surface area (Å²) in [6.45, 7) is 0. The van der Waals surface area contributed by atoms with Gasteiger partial charge in [0, 0.05) is 38.4 Å². The van der Waals surface area contributed by atoms with Crippen LogP contribution in [0, 0.1) is 0 Å².